The maximum atomic E-state index is 14.0. The molecule has 0 bridgehead atoms. The molecule has 27 heavy (non-hydrogen) atoms. The van der Waals surface area contributed by atoms with Crippen LogP contribution in [0.2, 0.25) is 0 Å². The molecule has 0 aliphatic carbocycles. The van der Waals surface area contributed by atoms with Gasteiger partial charge in [0.15, 0.2) is 0 Å². The Hall–Kier alpha value is -2.48. The number of nitrogens with zero attached hydrogens (tertiary/aromatic N) is 1. The Morgan fingerprint density at radius 1 is 1.22 bits per heavy atom. The maximum Gasteiger partial charge on any atom is 0.254 e. The number of carbonyl (C=O) groups is 3. The van der Waals surface area contributed by atoms with Crippen LogP contribution in [0.5, 0.6) is 0 Å². The molecule has 0 unspecified atom stereocenters. The van der Waals surface area contributed by atoms with E-state index >= 15 is 0 Å². The number of nitrogens with one attached hydrogen (secondary N) is 3. The molecular weight excluding hydrogens is 351 g/mol. The summed E-state index contributed by atoms with van der Waals surface area (Å²) in [4.78, 5) is 37.3. The number of rotatable bonds is 7. The summed E-state index contributed by atoms with van der Waals surface area (Å²) in [7, 11) is 0. The summed E-state index contributed by atoms with van der Waals surface area (Å²) in [6.07, 6.45) is 2.29. The van der Waals surface area contributed by atoms with Crippen molar-refractivity contribution in [1.29, 1.82) is 0 Å². The van der Waals surface area contributed by atoms with E-state index in [4.69, 9.17) is 0 Å². The van der Waals surface area contributed by atoms with Crippen molar-refractivity contribution in [2.45, 2.75) is 39.2 Å². The molecule has 1 heterocycles. The number of likely N-dealkylation sites (tertiary alicyclic amines) is 1. The minimum absolute atomic E-state index is 0.0104. The molecule has 0 atom stereocenters. The number of carbonyl (C=O) groups excluding carboxylic acids is 3. The van der Waals surface area contributed by atoms with Crippen LogP contribution in [0.3, 0.4) is 0 Å². The van der Waals surface area contributed by atoms with Crippen LogP contribution in [0.15, 0.2) is 18.2 Å². The van der Waals surface area contributed by atoms with E-state index < -0.39 is 11.7 Å². The second-order valence-electron chi connectivity index (χ2n) is 6.75. The highest BCUT2D eigenvalue weighted by atomic mass is 19.1. The Labute approximate surface area is 158 Å². The molecular formula is C19H27FN4O3. The molecule has 1 fully saturated rings. The number of benzene rings is 1. The molecule has 2 rings (SSSR count). The molecule has 0 spiro atoms. The summed E-state index contributed by atoms with van der Waals surface area (Å²) in [5, 5.41) is 8.23. The minimum Gasteiger partial charge on any atom is -0.355 e. The van der Waals surface area contributed by atoms with Gasteiger partial charge in [-0.1, -0.05) is 6.92 Å². The maximum absolute atomic E-state index is 14.0. The third-order valence-electron chi connectivity index (χ3n) is 4.39. The highest BCUT2D eigenvalue weighted by molar-refractivity contribution is 5.97. The third-order valence-corrected chi connectivity index (χ3v) is 4.39. The first-order chi connectivity index (χ1) is 12.9. The van der Waals surface area contributed by atoms with E-state index in [0.717, 1.165) is 12.5 Å². The molecule has 3 amide bonds. The molecule has 1 aromatic carbocycles. The van der Waals surface area contributed by atoms with E-state index in [1.807, 2.05) is 11.8 Å². The fourth-order valence-corrected chi connectivity index (χ4v) is 3.00. The van der Waals surface area contributed by atoms with Gasteiger partial charge < -0.3 is 16.0 Å². The number of halogens is 1. The first kappa shape index (κ1) is 20.8. The molecule has 0 radical (unpaired) electrons. The lowest BCUT2D eigenvalue weighted by atomic mass is 10.0. The Morgan fingerprint density at radius 2 is 1.93 bits per heavy atom. The molecule has 1 saturated heterocycles. The second kappa shape index (κ2) is 10.0. The van der Waals surface area contributed by atoms with E-state index in [0.29, 0.717) is 44.7 Å². The lowest BCUT2D eigenvalue weighted by Crippen LogP contribution is -2.47. The van der Waals surface area contributed by atoms with Crippen molar-refractivity contribution in [3.8, 4) is 0 Å². The van der Waals surface area contributed by atoms with Gasteiger partial charge in [-0.25, -0.2) is 4.39 Å². The van der Waals surface area contributed by atoms with Crippen molar-refractivity contribution in [2.75, 3.05) is 31.5 Å². The van der Waals surface area contributed by atoms with Crippen LogP contribution in [0.4, 0.5) is 10.1 Å². The molecule has 148 valence electrons. The normalized spacial score (nSPS) is 15.2. The minimum atomic E-state index is -0.633. The summed E-state index contributed by atoms with van der Waals surface area (Å²) in [6.45, 7) is 5.77. The van der Waals surface area contributed by atoms with Crippen molar-refractivity contribution in [3.63, 3.8) is 0 Å². The van der Waals surface area contributed by atoms with Crippen molar-refractivity contribution in [1.82, 2.24) is 15.5 Å². The Bertz CT molecular complexity index is 688. The van der Waals surface area contributed by atoms with Crippen molar-refractivity contribution in [3.05, 3.63) is 29.6 Å². The Balaban J connectivity index is 1.85. The SMILES string of the molecule is CCCNC(=O)CN1CCC(NC(=O)c2cc(NC(C)=O)ccc2F)CC1. The van der Waals surface area contributed by atoms with Gasteiger partial charge in [-0.3, -0.25) is 19.3 Å². The average Bonchev–Trinajstić information content (AvgIpc) is 2.62. The summed E-state index contributed by atoms with van der Waals surface area (Å²) >= 11 is 0. The van der Waals surface area contributed by atoms with E-state index in [1.54, 1.807) is 0 Å². The van der Waals surface area contributed by atoms with Crippen molar-refractivity contribution < 1.29 is 18.8 Å². The molecule has 7 nitrogen and oxygen atoms in total. The largest absolute Gasteiger partial charge is 0.355 e. The van der Waals surface area contributed by atoms with Crippen LogP contribution in [-0.4, -0.2) is 54.8 Å². The van der Waals surface area contributed by atoms with Crippen LogP contribution in [0.1, 0.15) is 43.5 Å². The highest BCUT2D eigenvalue weighted by Crippen LogP contribution is 2.16. The third kappa shape index (κ3) is 6.63. The van der Waals surface area contributed by atoms with Gasteiger partial charge in [-0.05, 0) is 37.5 Å². The van der Waals surface area contributed by atoms with E-state index in [9.17, 15) is 18.8 Å². The topological polar surface area (TPSA) is 90.5 Å². The van der Waals surface area contributed by atoms with Crippen molar-refractivity contribution in [2.24, 2.45) is 0 Å². The van der Waals surface area contributed by atoms with Gasteiger partial charge in [0.25, 0.3) is 5.91 Å². The first-order valence-corrected chi connectivity index (χ1v) is 9.26. The number of hydrogen-bond donors (Lipinski definition) is 3. The van der Waals surface area contributed by atoms with Crippen LogP contribution >= 0.6 is 0 Å². The predicted octanol–water partition coefficient (Wildman–Crippen LogP) is 1.50. The number of piperidine rings is 1. The van der Waals surface area contributed by atoms with Crippen LogP contribution < -0.4 is 16.0 Å². The molecule has 0 aromatic heterocycles. The van der Waals surface area contributed by atoms with Gasteiger partial charge >= 0.3 is 0 Å². The number of anilines is 1. The Morgan fingerprint density at radius 3 is 2.56 bits per heavy atom. The monoisotopic (exact) mass is 378 g/mol. The Kier molecular flexibility index (Phi) is 7.72. The quantitative estimate of drug-likeness (QED) is 0.671. The van der Waals surface area contributed by atoms with Gasteiger partial charge in [-0.2, -0.15) is 0 Å². The van der Waals surface area contributed by atoms with Gasteiger partial charge in [0.1, 0.15) is 5.82 Å². The molecule has 1 aliphatic heterocycles. The van der Waals surface area contributed by atoms with Crippen LogP contribution in [0, 0.1) is 5.82 Å². The molecule has 0 saturated carbocycles. The smallest absolute Gasteiger partial charge is 0.254 e. The zero-order valence-corrected chi connectivity index (χ0v) is 15.8. The summed E-state index contributed by atoms with van der Waals surface area (Å²) in [5.74, 6) is -1.41. The standard InChI is InChI=1S/C19H27FN4O3/c1-3-8-21-18(26)12-24-9-6-14(7-10-24)23-19(27)16-11-15(22-13(2)25)4-5-17(16)20/h4-5,11,14H,3,6-10,12H2,1-2H3,(H,21,26)(H,22,25)(H,23,27). The van der Waals surface area contributed by atoms with E-state index in [-0.39, 0.29) is 23.4 Å². The van der Waals surface area contributed by atoms with Crippen molar-refractivity contribution >= 4 is 23.4 Å². The predicted molar refractivity (Wildman–Crippen MR) is 101 cm³/mol. The molecule has 8 heteroatoms. The van der Waals surface area contributed by atoms with Crippen LogP contribution in [-0.2, 0) is 9.59 Å². The summed E-state index contributed by atoms with van der Waals surface area (Å²) in [5.41, 5.74) is 0.282. The number of amides is 3. The van der Waals surface area contributed by atoms with Gasteiger partial charge in [0, 0.05) is 38.3 Å². The number of hydrogen-bond acceptors (Lipinski definition) is 4. The zero-order chi connectivity index (χ0) is 19.8. The molecule has 1 aliphatic rings. The van der Waals surface area contributed by atoms with Gasteiger partial charge in [0.05, 0.1) is 12.1 Å². The lowest BCUT2D eigenvalue weighted by Gasteiger charge is -2.31. The second-order valence-corrected chi connectivity index (χ2v) is 6.75. The lowest BCUT2D eigenvalue weighted by molar-refractivity contribution is -0.122. The molecule has 3 N–H and O–H groups in total. The van der Waals surface area contributed by atoms with Gasteiger partial charge in [0.2, 0.25) is 11.8 Å². The van der Waals surface area contributed by atoms with Crippen LogP contribution in [0.25, 0.3) is 0 Å². The first-order valence-electron chi connectivity index (χ1n) is 9.26. The fourth-order valence-electron chi connectivity index (χ4n) is 3.00. The summed E-state index contributed by atoms with van der Waals surface area (Å²) in [6, 6.07) is 3.84. The van der Waals surface area contributed by atoms with Gasteiger partial charge in [-0.15, -0.1) is 0 Å². The summed E-state index contributed by atoms with van der Waals surface area (Å²) < 4.78 is 14.0. The van der Waals surface area contributed by atoms with E-state index in [2.05, 4.69) is 16.0 Å². The average molecular weight is 378 g/mol. The fraction of sp³-hybridized carbons (Fsp3) is 0.526. The zero-order valence-electron chi connectivity index (χ0n) is 15.8. The van der Waals surface area contributed by atoms with E-state index in [1.165, 1.54) is 19.1 Å². The molecule has 1 aromatic rings. The highest BCUT2D eigenvalue weighted by Gasteiger charge is 2.23.